The van der Waals surface area contributed by atoms with Crippen molar-refractivity contribution in [2.24, 2.45) is 5.73 Å². The smallest absolute Gasteiger partial charge is 0.248 e. The van der Waals surface area contributed by atoms with E-state index in [1.807, 2.05) is 11.0 Å². The number of ether oxygens (including phenoxy) is 1. The van der Waals surface area contributed by atoms with Crippen LogP contribution < -0.4 is 5.73 Å². The molecule has 0 radical (unpaired) electrons. The van der Waals surface area contributed by atoms with E-state index in [1.165, 1.54) is 0 Å². The van der Waals surface area contributed by atoms with Gasteiger partial charge in [-0.3, -0.25) is 14.5 Å². The maximum Gasteiger partial charge on any atom is 0.248 e. The second-order valence-corrected chi connectivity index (χ2v) is 6.28. The maximum absolute atomic E-state index is 14.0. The van der Waals surface area contributed by atoms with E-state index in [9.17, 15) is 14.0 Å². The molecule has 3 rings (SSSR count). The number of rotatable bonds is 4. The first kappa shape index (κ1) is 16.9. The summed E-state index contributed by atoms with van der Waals surface area (Å²) >= 11 is 0. The zero-order valence-electron chi connectivity index (χ0n) is 13.5. The predicted octanol–water partition coefficient (Wildman–Crippen LogP) is 0.557. The molecule has 24 heavy (non-hydrogen) atoms. The standard InChI is InChI=1S/C17H22FN3O3/c18-14-9-15(17(23)20-4-6-24-7-5-20)21(11-14)10-12-2-1-3-13(8-12)16(19)22/h1-3,8,14-15H,4-7,9-11H2,(H2,19,22)/t14-,15+/m1/s1. The molecule has 2 fully saturated rings. The number of hydrogen-bond acceptors (Lipinski definition) is 4. The van der Waals surface area contributed by atoms with Gasteiger partial charge in [-0.05, 0) is 17.7 Å². The van der Waals surface area contributed by atoms with Crippen LogP contribution in [0.2, 0.25) is 0 Å². The van der Waals surface area contributed by atoms with Crippen LogP contribution in [-0.2, 0) is 16.1 Å². The number of amides is 2. The lowest BCUT2D eigenvalue weighted by Gasteiger charge is -2.32. The maximum atomic E-state index is 14.0. The molecule has 1 aromatic carbocycles. The third kappa shape index (κ3) is 3.73. The molecule has 0 aliphatic carbocycles. The van der Waals surface area contributed by atoms with Crippen LogP contribution in [0.3, 0.4) is 0 Å². The minimum Gasteiger partial charge on any atom is -0.378 e. The third-order valence-electron chi connectivity index (χ3n) is 4.56. The molecule has 2 saturated heterocycles. The molecule has 0 aromatic heterocycles. The van der Waals surface area contributed by atoms with Crippen LogP contribution in [0.1, 0.15) is 22.3 Å². The number of morpholine rings is 1. The van der Waals surface area contributed by atoms with E-state index in [1.54, 1.807) is 23.1 Å². The van der Waals surface area contributed by atoms with Crippen molar-refractivity contribution in [2.75, 3.05) is 32.8 Å². The van der Waals surface area contributed by atoms with Gasteiger partial charge in [-0.2, -0.15) is 0 Å². The van der Waals surface area contributed by atoms with Crippen LogP contribution in [0, 0.1) is 0 Å². The van der Waals surface area contributed by atoms with Crippen molar-refractivity contribution in [1.29, 1.82) is 0 Å². The number of carbonyl (C=O) groups is 2. The molecule has 0 spiro atoms. The first-order valence-corrected chi connectivity index (χ1v) is 8.18. The Balaban J connectivity index is 1.72. The van der Waals surface area contributed by atoms with Crippen molar-refractivity contribution in [2.45, 2.75) is 25.2 Å². The molecule has 0 unspecified atom stereocenters. The molecular weight excluding hydrogens is 313 g/mol. The minimum atomic E-state index is -1.01. The SMILES string of the molecule is NC(=O)c1cccc(CN2C[C@H](F)C[C@H]2C(=O)N2CCOCC2)c1. The number of benzene rings is 1. The van der Waals surface area contributed by atoms with Crippen LogP contribution >= 0.6 is 0 Å². The number of hydrogen-bond donors (Lipinski definition) is 1. The van der Waals surface area contributed by atoms with Gasteiger partial charge >= 0.3 is 0 Å². The molecule has 2 aliphatic heterocycles. The van der Waals surface area contributed by atoms with Crippen molar-refractivity contribution in [1.82, 2.24) is 9.80 Å². The Morgan fingerprint density at radius 3 is 2.75 bits per heavy atom. The molecule has 2 aliphatic rings. The summed E-state index contributed by atoms with van der Waals surface area (Å²) in [5, 5.41) is 0. The predicted molar refractivity (Wildman–Crippen MR) is 86.1 cm³/mol. The van der Waals surface area contributed by atoms with Crippen molar-refractivity contribution < 1.29 is 18.7 Å². The summed E-state index contributed by atoms with van der Waals surface area (Å²) in [6, 6.07) is 6.48. The number of primary amides is 1. The first-order chi connectivity index (χ1) is 11.5. The molecule has 2 atom stereocenters. The molecule has 1 aromatic rings. The van der Waals surface area contributed by atoms with E-state index in [4.69, 9.17) is 10.5 Å². The molecule has 0 bridgehead atoms. The van der Waals surface area contributed by atoms with E-state index in [0.717, 1.165) is 5.56 Å². The quantitative estimate of drug-likeness (QED) is 0.872. The summed E-state index contributed by atoms with van der Waals surface area (Å²) in [5.41, 5.74) is 6.56. The second kappa shape index (κ2) is 7.27. The van der Waals surface area contributed by atoms with Gasteiger partial charge in [-0.25, -0.2) is 4.39 Å². The normalized spacial score (nSPS) is 25.0. The molecule has 2 N–H and O–H groups in total. The number of nitrogens with two attached hydrogens (primary N) is 1. The molecule has 0 saturated carbocycles. The van der Waals surface area contributed by atoms with Crippen molar-refractivity contribution in [3.8, 4) is 0 Å². The number of alkyl halides is 1. The number of carbonyl (C=O) groups excluding carboxylic acids is 2. The summed E-state index contributed by atoms with van der Waals surface area (Å²) in [6.07, 6.45) is -0.801. The van der Waals surface area contributed by atoms with Crippen molar-refractivity contribution in [3.05, 3.63) is 35.4 Å². The van der Waals surface area contributed by atoms with E-state index < -0.39 is 18.1 Å². The Kier molecular flexibility index (Phi) is 5.11. The lowest BCUT2D eigenvalue weighted by atomic mass is 10.1. The van der Waals surface area contributed by atoms with Crippen molar-refractivity contribution in [3.63, 3.8) is 0 Å². The highest BCUT2D eigenvalue weighted by Crippen LogP contribution is 2.25. The molecule has 2 heterocycles. The lowest BCUT2D eigenvalue weighted by Crippen LogP contribution is -2.49. The Hall–Kier alpha value is -1.99. The van der Waals surface area contributed by atoms with Crippen LogP contribution in [0.4, 0.5) is 4.39 Å². The van der Waals surface area contributed by atoms with Crippen LogP contribution in [0.15, 0.2) is 24.3 Å². The molecule has 2 amide bonds. The second-order valence-electron chi connectivity index (χ2n) is 6.28. The van der Waals surface area contributed by atoms with E-state index in [0.29, 0.717) is 38.4 Å². The monoisotopic (exact) mass is 335 g/mol. The summed E-state index contributed by atoms with van der Waals surface area (Å²) in [6.45, 7) is 2.80. The van der Waals surface area contributed by atoms with Gasteiger partial charge in [0.15, 0.2) is 0 Å². The van der Waals surface area contributed by atoms with Crippen molar-refractivity contribution >= 4 is 11.8 Å². The highest BCUT2D eigenvalue weighted by Gasteiger charge is 2.39. The molecule has 7 heteroatoms. The topological polar surface area (TPSA) is 75.9 Å². The van der Waals surface area contributed by atoms with Gasteiger partial charge in [-0.15, -0.1) is 0 Å². The van der Waals surface area contributed by atoms with Crippen LogP contribution in [0.5, 0.6) is 0 Å². The van der Waals surface area contributed by atoms with Gasteiger partial charge in [-0.1, -0.05) is 12.1 Å². The Morgan fingerprint density at radius 2 is 2.04 bits per heavy atom. The van der Waals surface area contributed by atoms with E-state index in [2.05, 4.69) is 0 Å². The fourth-order valence-electron chi connectivity index (χ4n) is 3.33. The third-order valence-corrected chi connectivity index (χ3v) is 4.56. The first-order valence-electron chi connectivity index (χ1n) is 8.18. The van der Waals surface area contributed by atoms with Gasteiger partial charge in [0.2, 0.25) is 11.8 Å². The summed E-state index contributed by atoms with van der Waals surface area (Å²) in [5.74, 6) is -0.535. The van der Waals surface area contributed by atoms with Gasteiger partial charge in [0, 0.05) is 38.2 Å². The highest BCUT2D eigenvalue weighted by atomic mass is 19.1. The molecule has 6 nitrogen and oxygen atoms in total. The number of nitrogens with zero attached hydrogens (tertiary/aromatic N) is 2. The van der Waals surface area contributed by atoms with E-state index >= 15 is 0 Å². The molecular formula is C17H22FN3O3. The summed E-state index contributed by atoms with van der Waals surface area (Å²) in [7, 11) is 0. The van der Waals surface area contributed by atoms with Gasteiger partial charge in [0.05, 0.1) is 19.3 Å². The van der Waals surface area contributed by atoms with Gasteiger partial charge < -0.3 is 15.4 Å². The van der Waals surface area contributed by atoms with Gasteiger partial charge in [0.25, 0.3) is 0 Å². The lowest BCUT2D eigenvalue weighted by molar-refractivity contribution is -0.140. The number of likely N-dealkylation sites (tertiary alicyclic amines) is 1. The van der Waals surface area contributed by atoms with Crippen LogP contribution in [0.25, 0.3) is 0 Å². The fraction of sp³-hybridized carbons (Fsp3) is 0.529. The number of halogens is 1. The fourth-order valence-corrected chi connectivity index (χ4v) is 3.33. The van der Waals surface area contributed by atoms with Crippen LogP contribution in [-0.4, -0.2) is 66.7 Å². The summed E-state index contributed by atoms with van der Waals surface area (Å²) in [4.78, 5) is 27.6. The Labute approximate surface area is 140 Å². The summed E-state index contributed by atoms with van der Waals surface area (Å²) < 4.78 is 19.2. The Morgan fingerprint density at radius 1 is 1.29 bits per heavy atom. The molecule has 130 valence electrons. The highest BCUT2D eigenvalue weighted by molar-refractivity contribution is 5.92. The zero-order chi connectivity index (χ0) is 17.1. The largest absolute Gasteiger partial charge is 0.378 e. The average Bonchev–Trinajstić information content (AvgIpc) is 2.95. The Bertz CT molecular complexity index is 619. The van der Waals surface area contributed by atoms with E-state index in [-0.39, 0.29) is 18.9 Å². The zero-order valence-corrected chi connectivity index (χ0v) is 13.5. The average molecular weight is 335 g/mol. The minimum absolute atomic E-state index is 0.0375. The van der Waals surface area contributed by atoms with Gasteiger partial charge in [0.1, 0.15) is 6.17 Å².